The summed E-state index contributed by atoms with van der Waals surface area (Å²) in [7, 11) is 0. The zero-order valence-electron chi connectivity index (χ0n) is 18.6. The van der Waals surface area contributed by atoms with Gasteiger partial charge >= 0.3 is 12.4 Å². The minimum Gasteiger partial charge on any atom is -0.369 e. The molecule has 0 aliphatic carbocycles. The molecule has 0 fully saturated rings. The van der Waals surface area contributed by atoms with Gasteiger partial charge in [0.15, 0.2) is 5.65 Å². The molecule has 5 nitrogen and oxygen atoms in total. The number of halogens is 9. The van der Waals surface area contributed by atoms with Crippen molar-refractivity contribution < 1.29 is 35.1 Å². The maximum Gasteiger partial charge on any atom is 0.451 e. The normalized spacial score (nSPS) is 13.6. The Kier molecular flexibility index (Phi) is 7.49. The van der Waals surface area contributed by atoms with Crippen molar-refractivity contribution in [2.75, 3.05) is 11.9 Å². The van der Waals surface area contributed by atoms with Gasteiger partial charge in [-0.15, -0.1) is 5.10 Å². The SMILES string of the molecule is CCCC(C)CNc1c2c(C(F)F)nc(C(F)(F)F)nc2nn1-c1c(C)cc(C(F)(F)F)cc1Cl. The number of alkyl halides is 8. The molecular weight excluding hydrogens is 510 g/mol. The molecule has 35 heavy (non-hydrogen) atoms. The maximum absolute atomic E-state index is 13.8. The molecule has 0 radical (unpaired) electrons. The van der Waals surface area contributed by atoms with Crippen LogP contribution in [0, 0.1) is 12.8 Å². The lowest BCUT2D eigenvalue weighted by Crippen LogP contribution is -2.16. The second-order valence-corrected chi connectivity index (χ2v) is 8.49. The van der Waals surface area contributed by atoms with Crippen LogP contribution in [-0.2, 0) is 12.4 Å². The summed E-state index contributed by atoms with van der Waals surface area (Å²) in [4.78, 5) is 6.34. The quantitative estimate of drug-likeness (QED) is 0.320. The van der Waals surface area contributed by atoms with E-state index in [0.717, 1.165) is 23.6 Å². The molecule has 1 aromatic carbocycles. The fourth-order valence-electron chi connectivity index (χ4n) is 3.66. The third kappa shape index (κ3) is 5.60. The zero-order chi connectivity index (χ0) is 26.3. The highest BCUT2D eigenvalue weighted by Crippen LogP contribution is 2.40. The van der Waals surface area contributed by atoms with E-state index in [1.54, 1.807) is 0 Å². The highest BCUT2D eigenvalue weighted by molar-refractivity contribution is 6.32. The average molecular weight is 530 g/mol. The van der Waals surface area contributed by atoms with Crippen LogP contribution >= 0.6 is 11.6 Å². The Bertz CT molecular complexity index is 1200. The Morgan fingerprint density at radius 2 is 1.71 bits per heavy atom. The number of benzene rings is 1. The number of anilines is 1. The van der Waals surface area contributed by atoms with Crippen LogP contribution in [0.25, 0.3) is 16.7 Å². The first-order chi connectivity index (χ1) is 16.1. The van der Waals surface area contributed by atoms with Crippen LogP contribution < -0.4 is 5.32 Å². The largest absolute Gasteiger partial charge is 0.451 e. The molecule has 0 saturated carbocycles. The molecule has 0 spiro atoms. The van der Waals surface area contributed by atoms with Gasteiger partial charge in [0.2, 0.25) is 5.82 Å². The molecule has 0 aliphatic heterocycles. The molecule has 2 heterocycles. The summed E-state index contributed by atoms with van der Waals surface area (Å²) in [6, 6.07) is 1.40. The molecule has 3 aromatic rings. The molecule has 0 bridgehead atoms. The van der Waals surface area contributed by atoms with Crippen molar-refractivity contribution in [1.82, 2.24) is 19.7 Å². The van der Waals surface area contributed by atoms with Gasteiger partial charge in [-0.3, -0.25) is 0 Å². The molecule has 1 N–H and O–H groups in total. The second kappa shape index (κ2) is 9.75. The van der Waals surface area contributed by atoms with E-state index in [9.17, 15) is 35.1 Å². The number of hydrogen-bond donors (Lipinski definition) is 1. The standard InChI is InChI=1S/C21H20ClF8N5/c1-4-5-9(2)8-31-18-13-14(16(23)24)32-19(21(28,29)30)33-17(13)34-35(18)15-10(3)6-11(7-12(15)22)20(25,26)27/h6-7,9,16,31H,4-5,8H2,1-3H3. The van der Waals surface area contributed by atoms with Crippen molar-refractivity contribution in [2.45, 2.75) is 52.4 Å². The number of fused-ring (bicyclic) bond motifs is 1. The number of rotatable bonds is 7. The van der Waals surface area contributed by atoms with Crippen LogP contribution in [0.15, 0.2) is 12.1 Å². The molecule has 0 saturated heterocycles. The summed E-state index contributed by atoms with van der Waals surface area (Å²) in [5.41, 5.74) is -3.13. The van der Waals surface area contributed by atoms with Gasteiger partial charge < -0.3 is 5.32 Å². The molecule has 1 unspecified atom stereocenters. The number of hydrogen-bond acceptors (Lipinski definition) is 4. The summed E-state index contributed by atoms with van der Waals surface area (Å²) >= 11 is 6.14. The maximum atomic E-state index is 13.8. The van der Waals surface area contributed by atoms with Crippen LogP contribution in [0.3, 0.4) is 0 Å². The number of nitrogens with one attached hydrogen (secondary N) is 1. The lowest BCUT2D eigenvalue weighted by Gasteiger charge is -2.18. The minimum absolute atomic E-state index is 0.0212. The second-order valence-electron chi connectivity index (χ2n) is 8.09. The number of nitrogens with zero attached hydrogens (tertiary/aromatic N) is 4. The first-order valence-corrected chi connectivity index (χ1v) is 10.8. The summed E-state index contributed by atoms with van der Waals surface area (Å²) in [5, 5.41) is 5.93. The first-order valence-electron chi connectivity index (χ1n) is 10.4. The monoisotopic (exact) mass is 529 g/mol. The van der Waals surface area contributed by atoms with E-state index >= 15 is 0 Å². The molecule has 1 atom stereocenters. The number of aryl methyl sites for hydroxylation is 1. The topological polar surface area (TPSA) is 55.6 Å². The third-order valence-corrected chi connectivity index (χ3v) is 5.50. The lowest BCUT2D eigenvalue weighted by molar-refractivity contribution is -0.145. The van der Waals surface area contributed by atoms with Crippen molar-refractivity contribution in [3.05, 3.63) is 39.8 Å². The summed E-state index contributed by atoms with van der Waals surface area (Å²) in [6.45, 7) is 5.29. The van der Waals surface area contributed by atoms with Gasteiger partial charge in [-0.2, -0.15) is 26.3 Å². The van der Waals surface area contributed by atoms with Gasteiger partial charge in [0, 0.05) is 6.54 Å². The molecule has 0 amide bonds. The Morgan fingerprint density at radius 3 is 2.23 bits per heavy atom. The molecule has 192 valence electrons. The van der Waals surface area contributed by atoms with Crippen LogP contribution in [0.1, 0.15) is 55.8 Å². The molecular formula is C21H20ClF8N5. The van der Waals surface area contributed by atoms with E-state index in [0.29, 0.717) is 6.07 Å². The Hall–Kier alpha value is -2.70. The van der Waals surface area contributed by atoms with Crippen LogP contribution in [0.2, 0.25) is 5.02 Å². The van der Waals surface area contributed by atoms with E-state index < -0.39 is 51.9 Å². The Labute approximate surface area is 199 Å². The van der Waals surface area contributed by atoms with Crippen molar-refractivity contribution in [1.29, 1.82) is 0 Å². The predicted octanol–water partition coefficient (Wildman–Crippen LogP) is 7.60. The van der Waals surface area contributed by atoms with Gasteiger partial charge in [0.1, 0.15) is 11.5 Å². The van der Waals surface area contributed by atoms with E-state index in [1.165, 1.54) is 6.92 Å². The van der Waals surface area contributed by atoms with Crippen molar-refractivity contribution in [3.8, 4) is 5.69 Å². The predicted molar refractivity (Wildman–Crippen MR) is 114 cm³/mol. The third-order valence-electron chi connectivity index (χ3n) is 5.21. The van der Waals surface area contributed by atoms with Crippen molar-refractivity contribution in [3.63, 3.8) is 0 Å². The average Bonchev–Trinajstić information content (AvgIpc) is 3.07. The highest BCUT2D eigenvalue weighted by Gasteiger charge is 2.38. The van der Waals surface area contributed by atoms with Gasteiger partial charge in [-0.05, 0) is 37.0 Å². The van der Waals surface area contributed by atoms with Gasteiger partial charge in [-0.1, -0.05) is 31.9 Å². The van der Waals surface area contributed by atoms with Gasteiger partial charge in [0.05, 0.1) is 21.7 Å². The van der Waals surface area contributed by atoms with Gasteiger partial charge in [0.25, 0.3) is 6.43 Å². The molecule has 14 heteroatoms. The van der Waals surface area contributed by atoms with E-state index in [2.05, 4.69) is 20.4 Å². The lowest BCUT2D eigenvalue weighted by atomic mass is 10.1. The minimum atomic E-state index is -5.13. The summed E-state index contributed by atoms with van der Waals surface area (Å²) in [5.74, 6) is -1.99. The van der Waals surface area contributed by atoms with E-state index in [1.807, 2.05) is 13.8 Å². The first kappa shape index (κ1) is 26.9. The van der Waals surface area contributed by atoms with E-state index in [4.69, 9.17) is 11.6 Å². The zero-order valence-corrected chi connectivity index (χ0v) is 19.4. The smallest absolute Gasteiger partial charge is 0.369 e. The molecule has 2 aromatic heterocycles. The number of aromatic nitrogens is 4. The Balaban J connectivity index is 2.34. The fourth-order valence-corrected chi connectivity index (χ4v) is 4.01. The summed E-state index contributed by atoms with van der Waals surface area (Å²) < 4.78 is 108. The van der Waals surface area contributed by atoms with Crippen molar-refractivity contribution >= 4 is 28.5 Å². The van der Waals surface area contributed by atoms with Crippen LogP contribution in [-0.4, -0.2) is 26.3 Å². The van der Waals surface area contributed by atoms with Crippen LogP contribution in [0.5, 0.6) is 0 Å². The summed E-state index contributed by atoms with van der Waals surface area (Å²) in [6.07, 6.45) is -11.7. The molecule has 3 rings (SSSR count). The highest BCUT2D eigenvalue weighted by atomic mass is 35.5. The van der Waals surface area contributed by atoms with Crippen molar-refractivity contribution in [2.24, 2.45) is 5.92 Å². The Morgan fingerprint density at radius 1 is 1.06 bits per heavy atom. The van der Waals surface area contributed by atoms with Gasteiger partial charge in [-0.25, -0.2) is 23.4 Å². The van der Waals surface area contributed by atoms with E-state index in [-0.39, 0.29) is 29.5 Å². The fraction of sp³-hybridized carbons (Fsp3) is 0.476. The van der Waals surface area contributed by atoms with Crippen LogP contribution in [0.4, 0.5) is 40.9 Å². The molecule has 0 aliphatic rings.